The fourth-order valence-electron chi connectivity index (χ4n) is 0.298. The summed E-state index contributed by atoms with van der Waals surface area (Å²) in [5.74, 6) is 0. The molecule has 0 spiro atoms. The number of allylic oxidation sites excluding steroid dienone is 1. The third-order valence-corrected chi connectivity index (χ3v) is 1.34. The third kappa shape index (κ3) is 4.09. The number of rotatable bonds is 1. The normalized spacial score (nSPS) is 12.8. The summed E-state index contributed by atoms with van der Waals surface area (Å²) in [4.78, 5) is 0. The molecular formula is C5H12S. The summed E-state index contributed by atoms with van der Waals surface area (Å²) in [6.45, 7) is 2.06. The number of thiol groups is 1. The molecule has 0 aromatic carbocycles. The monoisotopic (exact) mass is 104 g/mol. The average molecular weight is 104 g/mol. The van der Waals surface area contributed by atoms with Crippen LogP contribution in [0.1, 0.15) is 6.92 Å². The molecule has 38 valence electrons. The molecular weight excluding hydrogens is 92.1 g/mol. The van der Waals surface area contributed by atoms with Crippen molar-refractivity contribution >= 4 is 10.9 Å². The molecule has 0 aromatic rings. The molecule has 6 heavy (non-hydrogen) atoms. The van der Waals surface area contributed by atoms with Gasteiger partial charge < -0.3 is 0 Å². The van der Waals surface area contributed by atoms with Gasteiger partial charge in [-0.15, -0.1) is 0 Å². The first kappa shape index (κ1) is 6.09. The summed E-state index contributed by atoms with van der Waals surface area (Å²) in [5.41, 5.74) is 0. The zero-order chi connectivity index (χ0) is 4.99. The second-order valence-electron chi connectivity index (χ2n) is 1.45. The highest BCUT2D eigenvalue weighted by atomic mass is 32.2. The van der Waals surface area contributed by atoms with Gasteiger partial charge >= 0.3 is 0 Å². The minimum absolute atomic E-state index is 0.219. The van der Waals surface area contributed by atoms with Crippen LogP contribution in [-0.4, -0.2) is 12.5 Å². The van der Waals surface area contributed by atoms with Crippen LogP contribution in [0.3, 0.4) is 0 Å². The second-order valence-corrected chi connectivity index (χ2v) is 3.67. The molecule has 0 rings (SSSR count). The molecule has 0 amide bonds. The number of hydrogen-bond acceptors (Lipinski definition) is 0. The molecule has 0 aliphatic rings. The fraction of sp³-hybridized carbons (Fsp3) is 0.600. The number of hydrogen-bond donors (Lipinski definition) is 1. The Balaban J connectivity index is 3.03. The largest absolute Gasteiger partial charge is 0.240 e. The van der Waals surface area contributed by atoms with Crippen molar-refractivity contribution in [2.24, 2.45) is 0 Å². The van der Waals surface area contributed by atoms with Gasteiger partial charge in [-0.05, 0) is 19.4 Å². The van der Waals surface area contributed by atoms with Gasteiger partial charge in [-0.2, -0.15) is 0 Å². The lowest BCUT2D eigenvalue weighted by Crippen LogP contribution is -1.58. The first-order valence-electron chi connectivity index (χ1n) is 2.06. The lowest BCUT2D eigenvalue weighted by atomic mass is 10.8. The van der Waals surface area contributed by atoms with Gasteiger partial charge in [-0.1, -0.05) is 11.5 Å². The fourth-order valence-corrected chi connectivity index (χ4v) is 0.894. The van der Waals surface area contributed by atoms with Gasteiger partial charge in [0.25, 0.3) is 0 Å². The molecule has 1 heteroatoms. The van der Waals surface area contributed by atoms with Crippen LogP contribution in [0.15, 0.2) is 11.5 Å². The smallest absolute Gasteiger partial charge is 0.0339 e. The molecule has 0 atom stereocenters. The molecule has 0 heterocycles. The maximum Gasteiger partial charge on any atom is -0.0339 e. The van der Waals surface area contributed by atoms with Crippen LogP contribution >= 0.6 is 10.9 Å². The van der Waals surface area contributed by atoms with Gasteiger partial charge in [0.2, 0.25) is 0 Å². The van der Waals surface area contributed by atoms with Crippen LogP contribution in [0.4, 0.5) is 0 Å². The summed E-state index contributed by atoms with van der Waals surface area (Å²) in [6, 6.07) is 0. The van der Waals surface area contributed by atoms with Gasteiger partial charge in [-0.3, -0.25) is 0 Å². The van der Waals surface area contributed by atoms with Crippen molar-refractivity contribution in [2.75, 3.05) is 12.5 Å². The van der Waals surface area contributed by atoms with Gasteiger partial charge in [0.05, 0.1) is 0 Å². The molecule has 0 aliphatic carbocycles. The van der Waals surface area contributed by atoms with Gasteiger partial charge in [0.1, 0.15) is 0 Å². The van der Waals surface area contributed by atoms with E-state index < -0.39 is 0 Å². The molecule has 0 aliphatic heterocycles. The van der Waals surface area contributed by atoms with Crippen LogP contribution in [0, 0.1) is 0 Å². The Morgan fingerprint density at radius 2 is 1.83 bits per heavy atom. The second kappa shape index (κ2) is 3.29. The predicted octanol–water partition coefficient (Wildman–Crippen LogP) is 1.78. The Kier molecular flexibility index (Phi) is 3.34. The van der Waals surface area contributed by atoms with E-state index in [9.17, 15) is 0 Å². The zero-order valence-electron chi connectivity index (χ0n) is 4.60. The van der Waals surface area contributed by atoms with E-state index >= 15 is 0 Å². The molecule has 0 bridgehead atoms. The third-order valence-electron chi connectivity index (χ3n) is 0.447. The van der Waals surface area contributed by atoms with Crippen molar-refractivity contribution in [2.45, 2.75) is 6.92 Å². The van der Waals surface area contributed by atoms with E-state index in [0.717, 1.165) is 0 Å². The Labute approximate surface area is 42.6 Å². The highest BCUT2D eigenvalue weighted by Crippen LogP contribution is 2.12. The summed E-state index contributed by atoms with van der Waals surface area (Å²) in [6.07, 6.45) is 6.57. The van der Waals surface area contributed by atoms with E-state index in [1.54, 1.807) is 0 Å². The standard InChI is InChI=1S/C5H12S/c1-4-5-6(2)3/h4-6H,1-3H3. The maximum absolute atomic E-state index is 2.23. The molecule has 0 nitrogen and oxygen atoms in total. The Morgan fingerprint density at radius 1 is 1.33 bits per heavy atom. The van der Waals surface area contributed by atoms with Crippen molar-refractivity contribution in [1.29, 1.82) is 0 Å². The van der Waals surface area contributed by atoms with Crippen molar-refractivity contribution in [3.63, 3.8) is 0 Å². The first-order chi connectivity index (χ1) is 2.77. The zero-order valence-corrected chi connectivity index (χ0v) is 5.50. The van der Waals surface area contributed by atoms with Crippen LogP contribution in [-0.2, 0) is 0 Å². The first-order valence-corrected chi connectivity index (χ1v) is 4.37. The van der Waals surface area contributed by atoms with E-state index in [0.29, 0.717) is 0 Å². The van der Waals surface area contributed by atoms with Crippen LogP contribution in [0.5, 0.6) is 0 Å². The van der Waals surface area contributed by atoms with Crippen molar-refractivity contribution in [1.82, 2.24) is 0 Å². The summed E-state index contributed by atoms with van der Waals surface area (Å²) >= 11 is 0. The molecule has 0 unspecified atom stereocenters. The van der Waals surface area contributed by atoms with E-state index in [1.807, 2.05) is 0 Å². The Bertz CT molecular complexity index is 45.9. The minimum Gasteiger partial charge on any atom is -0.240 e. The van der Waals surface area contributed by atoms with Crippen LogP contribution < -0.4 is 0 Å². The molecule has 0 saturated heterocycles. The molecule has 0 radical (unpaired) electrons. The summed E-state index contributed by atoms with van der Waals surface area (Å²) in [7, 11) is 0.219. The van der Waals surface area contributed by atoms with Gasteiger partial charge in [-0.25, -0.2) is 10.9 Å². The topological polar surface area (TPSA) is 0 Å². The highest BCUT2D eigenvalue weighted by molar-refractivity contribution is 8.18. The highest BCUT2D eigenvalue weighted by Gasteiger charge is 1.69. The molecule has 0 saturated carbocycles. The van der Waals surface area contributed by atoms with E-state index in [-0.39, 0.29) is 10.9 Å². The predicted molar refractivity (Wildman–Crippen MR) is 35.6 cm³/mol. The average Bonchev–Trinajstić information content (AvgIpc) is 1.35. The van der Waals surface area contributed by atoms with E-state index in [2.05, 4.69) is 30.9 Å². The van der Waals surface area contributed by atoms with Gasteiger partial charge in [0.15, 0.2) is 0 Å². The van der Waals surface area contributed by atoms with Gasteiger partial charge in [0, 0.05) is 0 Å². The summed E-state index contributed by atoms with van der Waals surface area (Å²) in [5, 5.41) is 2.23. The maximum atomic E-state index is 2.23. The SMILES string of the molecule is CC=C[SH](C)C. The van der Waals surface area contributed by atoms with Crippen LogP contribution in [0.2, 0.25) is 0 Å². The lowest BCUT2D eigenvalue weighted by molar-refractivity contribution is 1.78. The van der Waals surface area contributed by atoms with E-state index in [1.165, 1.54) is 0 Å². The van der Waals surface area contributed by atoms with Crippen molar-refractivity contribution < 1.29 is 0 Å². The summed E-state index contributed by atoms with van der Waals surface area (Å²) < 4.78 is 0. The lowest BCUT2D eigenvalue weighted by Gasteiger charge is -1.94. The molecule has 0 aromatic heterocycles. The Morgan fingerprint density at radius 3 is 1.83 bits per heavy atom. The Hall–Kier alpha value is 0.0900. The quantitative estimate of drug-likeness (QED) is 0.482. The molecule has 0 N–H and O–H groups in total. The molecule has 0 fully saturated rings. The minimum atomic E-state index is 0.219. The van der Waals surface area contributed by atoms with E-state index in [4.69, 9.17) is 0 Å². The van der Waals surface area contributed by atoms with Crippen molar-refractivity contribution in [3.05, 3.63) is 11.5 Å². The van der Waals surface area contributed by atoms with Crippen molar-refractivity contribution in [3.8, 4) is 0 Å². The van der Waals surface area contributed by atoms with Crippen LogP contribution in [0.25, 0.3) is 0 Å².